The van der Waals surface area contributed by atoms with Crippen LogP contribution in [0.2, 0.25) is 0 Å². The summed E-state index contributed by atoms with van der Waals surface area (Å²) >= 11 is 0. The zero-order chi connectivity index (χ0) is 44.7. The van der Waals surface area contributed by atoms with Crippen molar-refractivity contribution in [2.24, 2.45) is 0 Å². The minimum Gasteiger partial charge on any atom is -0.449 e. The largest absolute Gasteiger partial charge is 0.449 e. The molecule has 0 spiro atoms. The van der Waals surface area contributed by atoms with Crippen molar-refractivity contribution in [2.75, 3.05) is 4.90 Å². The number of anilines is 3. The summed E-state index contributed by atoms with van der Waals surface area (Å²) in [6, 6.07) is 79.6. The quantitative estimate of drug-likeness (QED) is 0.121. The first-order chi connectivity index (χ1) is 32.5. The highest BCUT2D eigenvalue weighted by atomic mass is 16.6. The van der Waals surface area contributed by atoms with E-state index < -0.39 is 10.8 Å². The SMILES string of the molecule is C=C/C=C\C(=C)C(C)(c1ccccc1)c1ccc(N(c2cccc(-c3ccccc3)c2)c2ccc3c(c2)Oc2ccc4c(c2O3)-c2ccccc2C4(c2ccccc2)c2ccccc2)cc1. The van der Waals surface area contributed by atoms with Crippen LogP contribution in [-0.4, -0.2) is 0 Å². The topological polar surface area (TPSA) is 21.7 Å². The summed E-state index contributed by atoms with van der Waals surface area (Å²) in [5.41, 5.74) is 14.4. The molecule has 1 unspecified atom stereocenters. The summed E-state index contributed by atoms with van der Waals surface area (Å²) in [4.78, 5) is 2.29. The third kappa shape index (κ3) is 6.59. The minimum atomic E-state index is -0.546. The molecule has 0 saturated heterocycles. The van der Waals surface area contributed by atoms with Gasteiger partial charge in [0.05, 0.1) is 11.1 Å². The fourth-order valence-electron chi connectivity index (χ4n) is 10.2. The van der Waals surface area contributed by atoms with E-state index in [0.29, 0.717) is 17.2 Å². The van der Waals surface area contributed by atoms with Gasteiger partial charge in [0.25, 0.3) is 0 Å². The van der Waals surface area contributed by atoms with Crippen LogP contribution in [0.25, 0.3) is 22.3 Å². The van der Waals surface area contributed by atoms with Crippen molar-refractivity contribution >= 4 is 17.1 Å². The van der Waals surface area contributed by atoms with Crippen LogP contribution >= 0.6 is 0 Å². The molecule has 2 aliphatic rings. The molecule has 0 aromatic heterocycles. The Labute approximate surface area is 387 Å². The monoisotopic (exact) mass is 849 g/mol. The molecular weight excluding hydrogens is 803 g/mol. The van der Waals surface area contributed by atoms with Crippen molar-refractivity contribution < 1.29 is 9.47 Å². The van der Waals surface area contributed by atoms with Crippen LogP contribution in [0.4, 0.5) is 17.1 Å². The molecule has 9 aromatic rings. The third-order valence-corrected chi connectivity index (χ3v) is 13.5. The number of allylic oxidation sites excluding steroid dienone is 4. The number of rotatable bonds is 11. The molecule has 316 valence electrons. The summed E-state index contributed by atoms with van der Waals surface area (Å²) in [6.45, 7) is 10.7. The van der Waals surface area contributed by atoms with Gasteiger partial charge in [-0.15, -0.1) is 0 Å². The Hall–Kier alpha value is -8.40. The molecule has 66 heavy (non-hydrogen) atoms. The highest BCUT2D eigenvalue weighted by molar-refractivity contribution is 5.92. The highest BCUT2D eigenvalue weighted by Crippen LogP contribution is 2.62. The van der Waals surface area contributed by atoms with Crippen LogP contribution in [-0.2, 0) is 10.8 Å². The fourth-order valence-corrected chi connectivity index (χ4v) is 10.2. The predicted octanol–water partition coefficient (Wildman–Crippen LogP) is 16.7. The van der Waals surface area contributed by atoms with Gasteiger partial charge in [-0.25, -0.2) is 0 Å². The smallest absolute Gasteiger partial charge is 0.178 e. The number of ether oxygens (including phenoxy) is 2. The minimum absolute atomic E-state index is 0.482. The average Bonchev–Trinajstić information content (AvgIpc) is 3.70. The van der Waals surface area contributed by atoms with Crippen LogP contribution < -0.4 is 14.4 Å². The molecule has 1 atom stereocenters. The molecule has 3 heteroatoms. The first-order valence-corrected chi connectivity index (χ1v) is 22.5. The van der Waals surface area contributed by atoms with E-state index >= 15 is 0 Å². The van der Waals surface area contributed by atoms with Crippen molar-refractivity contribution in [3.05, 3.63) is 295 Å². The van der Waals surface area contributed by atoms with Gasteiger partial charge in [-0.1, -0.05) is 207 Å². The maximum atomic E-state index is 7.05. The molecular formula is C63H47NO2. The maximum Gasteiger partial charge on any atom is 0.178 e. The Bertz CT molecular complexity index is 3240. The van der Waals surface area contributed by atoms with Gasteiger partial charge in [0, 0.05) is 28.4 Å². The number of hydrogen-bond acceptors (Lipinski definition) is 3. The summed E-state index contributed by atoms with van der Waals surface area (Å²) in [7, 11) is 0. The van der Waals surface area contributed by atoms with E-state index in [9.17, 15) is 0 Å². The second kappa shape index (κ2) is 16.6. The maximum absolute atomic E-state index is 7.05. The van der Waals surface area contributed by atoms with E-state index in [2.05, 4.69) is 249 Å². The molecule has 1 aliphatic heterocycles. The molecule has 0 radical (unpaired) electrons. The zero-order valence-corrected chi connectivity index (χ0v) is 36.8. The van der Waals surface area contributed by atoms with Crippen molar-refractivity contribution in [3.8, 4) is 45.3 Å². The summed E-state index contributed by atoms with van der Waals surface area (Å²) in [6.07, 6.45) is 5.80. The van der Waals surface area contributed by atoms with E-state index in [-0.39, 0.29) is 0 Å². The van der Waals surface area contributed by atoms with Gasteiger partial charge >= 0.3 is 0 Å². The van der Waals surface area contributed by atoms with Gasteiger partial charge in [-0.05, 0) is 105 Å². The molecule has 0 bridgehead atoms. The Balaban J connectivity index is 1.02. The lowest BCUT2D eigenvalue weighted by molar-refractivity contribution is 0.360. The van der Waals surface area contributed by atoms with Gasteiger partial charge in [-0.3, -0.25) is 0 Å². The summed E-state index contributed by atoms with van der Waals surface area (Å²) in [5.74, 6) is 2.71. The predicted molar refractivity (Wildman–Crippen MR) is 272 cm³/mol. The van der Waals surface area contributed by atoms with Crippen molar-refractivity contribution in [1.29, 1.82) is 0 Å². The lowest BCUT2D eigenvalue weighted by Crippen LogP contribution is -2.28. The first-order valence-electron chi connectivity index (χ1n) is 22.5. The van der Waals surface area contributed by atoms with Gasteiger partial charge in [-0.2, -0.15) is 0 Å². The van der Waals surface area contributed by atoms with Gasteiger partial charge < -0.3 is 14.4 Å². The van der Waals surface area contributed by atoms with Crippen molar-refractivity contribution in [3.63, 3.8) is 0 Å². The summed E-state index contributed by atoms with van der Waals surface area (Å²) in [5, 5.41) is 0. The van der Waals surface area contributed by atoms with Gasteiger partial charge in [0.1, 0.15) is 0 Å². The van der Waals surface area contributed by atoms with Crippen LogP contribution in [0.1, 0.15) is 40.3 Å². The van der Waals surface area contributed by atoms with E-state index in [1.54, 1.807) is 6.08 Å². The van der Waals surface area contributed by atoms with Gasteiger partial charge in [0.15, 0.2) is 23.0 Å². The number of fused-ring (bicyclic) bond motifs is 6. The molecule has 11 rings (SSSR count). The Kier molecular flexibility index (Phi) is 10.2. The van der Waals surface area contributed by atoms with Crippen molar-refractivity contribution in [1.82, 2.24) is 0 Å². The van der Waals surface area contributed by atoms with E-state index in [1.165, 1.54) is 22.3 Å². The lowest BCUT2D eigenvalue weighted by atomic mass is 9.68. The molecule has 0 saturated carbocycles. The van der Waals surface area contributed by atoms with Crippen molar-refractivity contribution in [2.45, 2.75) is 17.8 Å². The van der Waals surface area contributed by atoms with E-state index in [0.717, 1.165) is 61.8 Å². The zero-order valence-electron chi connectivity index (χ0n) is 36.8. The van der Waals surface area contributed by atoms with Gasteiger partial charge in [0.2, 0.25) is 0 Å². The number of benzene rings is 9. The van der Waals surface area contributed by atoms with Crippen LogP contribution in [0.3, 0.4) is 0 Å². The second-order valence-electron chi connectivity index (χ2n) is 17.1. The second-order valence-corrected chi connectivity index (χ2v) is 17.1. The Morgan fingerprint density at radius 2 is 1.08 bits per heavy atom. The normalized spacial score (nSPS) is 13.8. The van der Waals surface area contributed by atoms with Crippen LogP contribution in [0, 0.1) is 0 Å². The van der Waals surface area contributed by atoms with Crippen LogP contribution in [0.15, 0.2) is 261 Å². The molecule has 0 fully saturated rings. The molecule has 3 nitrogen and oxygen atoms in total. The standard InChI is InChI=1S/C63H47NO2/c1-4-5-21-44(2)62(3,47-25-12-7-13-26-47)48-34-36-51(37-35-48)64(52-31-20-24-46(42-52)45-22-10-6-11-23-45)53-38-40-57-59(43-53)65-58-41-39-56-60(61(58)66-57)54-32-18-19-33-55(54)63(56,49-27-14-8-15-28-49)50-29-16-9-17-30-50/h4-43H,1-2H2,3H3/b21-5-. The lowest BCUT2D eigenvalue weighted by Gasteiger charge is -2.34. The molecule has 1 heterocycles. The van der Waals surface area contributed by atoms with E-state index in [4.69, 9.17) is 9.47 Å². The fraction of sp³-hybridized carbons (Fsp3) is 0.0476. The first kappa shape index (κ1) is 40.4. The Morgan fingerprint density at radius 1 is 0.500 bits per heavy atom. The molecule has 1 aliphatic carbocycles. The highest BCUT2D eigenvalue weighted by Gasteiger charge is 2.48. The van der Waals surface area contributed by atoms with E-state index in [1.807, 2.05) is 12.1 Å². The van der Waals surface area contributed by atoms with Crippen LogP contribution in [0.5, 0.6) is 23.0 Å². The number of nitrogens with zero attached hydrogens (tertiary/aromatic N) is 1. The molecule has 9 aromatic carbocycles. The Morgan fingerprint density at radius 3 is 1.77 bits per heavy atom. The number of hydrogen-bond donors (Lipinski definition) is 0. The molecule has 0 N–H and O–H groups in total. The average molecular weight is 850 g/mol. The third-order valence-electron chi connectivity index (χ3n) is 13.5. The molecule has 0 amide bonds. The summed E-state index contributed by atoms with van der Waals surface area (Å²) < 4.78 is 14.0.